The van der Waals surface area contributed by atoms with Crippen molar-refractivity contribution < 1.29 is 4.74 Å². The Labute approximate surface area is 142 Å². The molecule has 0 N–H and O–H groups in total. The van der Waals surface area contributed by atoms with Crippen LogP contribution in [0, 0.1) is 5.92 Å². The molecule has 5 rings (SSSR count). The first kappa shape index (κ1) is 14.1. The Morgan fingerprint density at radius 1 is 0.875 bits per heavy atom. The number of likely N-dealkylation sites (tertiary alicyclic amines) is 1. The molecule has 1 fully saturated rings. The minimum absolute atomic E-state index is 0.587. The highest BCUT2D eigenvalue weighted by Crippen LogP contribution is 2.45. The van der Waals surface area contributed by atoms with E-state index >= 15 is 0 Å². The van der Waals surface area contributed by atoms with E-state index in [0.717, 1.165) is 32.0 Å². The summed E-state index contributed by atoms with van der Waals surface area (Å²) in [7, 11) is 0. The first-order valence-electron chi connectivity index (χ1n) is 8.79. The van der Waals surface area contributed by atoms with Crippen LogP contribution in [0.15, 0.2) is 66.7 Å². The van der Waals surface area contributed by atoms with Crippen LogP contribution in [0.3, 0.4) is 0 Å². The minimum atomic E-state index is 0.587. The van der Waals surface area contributed by atoms with Gasteiger partial charge in [-0.3, -0.25) is 4.90 Å². The Morgan fingerprint density at radius 2 is 1.71 bits per heavy atom. The molecule has 2 atom stereocenters. The summed E-state index contributed by atoms with van der Waals surface area (Å²) in [6, 6.07) is 23.9. The summed E-state index contributed by atoms with van der Waals surface area (Å²) < 4.78 is 6.12. The lowest BCUT2D eigenvalue weighted by molar-refractivity contribution is 0.213. The fourth-order valence-electron chi connectivity index (χ4n) is 4.41. The van der Waals surface area contributed by atoms with Gasteiger partial charge in [0.05, 0.1) is 6.61 Å². The quantitative estimate of drug-likeness (QED) is 0.693. The molecule has 0 aromatic heterocycles. The van der Waals surface area contributed by atoms with Crippen LogP contribution in [0.5, 0.6) is 5.75 Å². The Balaban J connectivity index is 1.49. The Hall–Kier alpha value is -2.32. The van der Waals surface area contributed by atoms with E-state index < -0.39 is 0 Å². The molecule has 3 aromatic rings. The maximum atomic E-state index is 6.12. The van der Waals surface area contributed by atoms with Crippen molar-refractivity contribution in [2.75, 3.05) is 19.7 Å². The van der Waals surface area contributed by atoms with Crippen molar-refractivity contribution in [2.24, 2.45) is 5.92 Å². The molecule has 0 spiro atoms. The SMILES string of the molecule is c1ccc(CN2C[C@@H]3COc4ccc5ccccc5c4[C@H]3C2)cc1. The molecule has 1 saturated heterocycles. The number of fused-ring (bicyclic) bond motifs is 5. The number of hydrogen-bond donors (Lipinski definition) is 0. The number of ether oxygens (including phenoxy) is 1. The van der Waals surface area contributed by atoms with Crippen LogP contribution in [-0.2, 0) is 6.54 Å². The van der Waals surface area contributed by atoms with Gasteiger partial charge >= 0.3 is 0 Å². The van der Waals surface area contributed by atoms with Gasteiger partial charge in [-0.05, 0) is 22.4 Å². The fourth-order valence-corrected chi connectivity index (χ4v) is 4.41. The zero-order valence-corrected chi connectivity index (χ0v) is 13.7. The van der Waals surface area contributed by atoms with Gasteiger partial charge in [0, 0.05) is 37.0 Å². The van der Waals surface area contributed by atoms with Gasteiger partial charge in [0.2, 0.25) is 0 Å². The molecular weight excluding hydrogens is 294 g/mol. The molecule has 2 aliphatic heterocycles. The zero-order valence-electron chi connectivity index (χ0n) is 13.7. The van der Waals surface area contributed by atoms with Gasteiger partial charge in [-0.1, -0.05) is 60.7 Å². The van der Waals surface area contributed by atoms with E-state index in [1.807, 2.05) is 0 Å². The monoisotopic (exact) mass is 315 g/mol. The third-order valence-electron chi connectivity index (χ3n) is 5.52. The molecule has 3 aromatic carbocycles. The largest absolute Gasteiger partial charge is 0.493 e. The van der Waals surface area contributed by atoms with Gasteiger partial charge in [-0.15, -0.1) is 0 Å². The van der Waals surface area contributed by atoms with Gasteiger partial charge in [-0.2, -0.15) is 0 Å². The average Bonchev–Trinajstić information content (AvgIpc) is 3.04. The fraction of sp³-hybridized carbons (Fsp3) is 0.273. The number of rotatable bonds is 2. The summed E-state index contributed by atoms with van der Waals surface area (Å²) in [5.41, 5.74) is 2.83. The van der Waals surface area contributed by atoms with Crippen molar-refractivity contribution in [3.05, 3.63) is 77.9 Å². The van der Waals surface area contributed by atoms with Gasteiger partial charge in [0.25, 0.3) is 0 Å². The average molecular weight is 315 g/mol. The van der Waals surface area contributed by atoms with E-state index in [9.17, 15) is 0 Å². The van der Waals surface area contributed by atoms with Crippen LogP contribution in [0.25, 0.3) is 10.8 Å². The standard InChI is InChI=1S/C22H21NO/c1-2-6-16(7-3-1)12-23-13-18-15-24-21-11-10-17-8-4-5-9-19(17)22(21)20(18)14-23/h1-11,18,20H,12-15H2/t18-,20+/m1/s1. The summed E-state index contributed by atoms with van der Waals surface area (Å²) in [6.07, 6.45) is 0. The highest BCUT2D eigenvalue weighted by Gasteiger charge is 2.39. The third-order valence-corrected chi connectivity index (χ3v) is 5.52. The van der Waals surface area contributed by atoms with Gasteiger partial charge in [-0.25, -0.2) is 0 Å². The molecule has 2 heteroatoms. The highest BCUT2D eigenvalue weighted by molar-refractivity contribution is 5.88. The highest BCUT2D eigenvalue weighted by atomic mass is 16.5. The summed E-state index contributed by atoms with van der Waals surface area (Å²) >= 11 is 0. The van der Waals surface area contributed by atoms with E-state index in [0.29, 0.717) is 11.8 Å². The van der Waals surface area contributed by atoms with Crippen molar-refractivity contribution in [1.29, 1.82) is 0 Å². The van der Waals surface area contributed by atoms with E-state index in [-0.39, 0.29) is 0 Å². The van der Waals surface area contributed by atoms with Crippen LogP contribution in [0.2, 0.25) is 0 Å². The van der Waals surface area contributed by atoms with Crippen LogP contribution in [0.4, 0.5) is 0 Å². The lowest BCUT2D eigenvalue weighted by atomic mass is 9.84. The molecule has 0 unspecified atom stereocenters. The predicted octanol–water partition coefficient (Wildman–Crippen LogP) is 4.45. The Kier molecular flexibility index (Phi) is 3.30. The molecule has 0 saturated carbocycles. The maximum absolute atomic E-state index is 6.12. The predicted molar refractivity (Wildman–Crippen MR) is 97.4 cm³/mol. The second kappa shape index (κ2) is 5.64. The number of nitrogens with zero attached hydrogens (tertiary/aromatic N) is 1. The van der Waals surface area contributed by atoms with E-state index in [2.05, 4.69) is 71.6 Å². The first-order valence-corrected chi connectivity index (χ1v) is 8.79. The van der Waals surface area contributed by atoms with Crippen molar-refractivity contribution in [1.82, 2.24) is 4.90 Å². The maximum Gasteiger partial charge on any atom is 0.123 e. The number of hydrogen-bond acceptors (Lipinski definition) is 2. The smallest absolute Gasteiger partial charge is 0.123 e. The van der Waals surface area contributed by atoms with Gasteiger partial charge < -0.3 is 4.74 Å². The molecule has 0 bridgehead atoms. The van der Waals surface area contributed by atoms with E-state index in [1.165, 1.54) is 21.9 Å². The minimum Gasteiger partial charge on any atom is -0.493 e. The molecule has 120 valence electrons. The van der Waals surface area contributed by atoms with Crippen LogP contribution in [0.1, 0.15) is 17.0 Å². The van der Waals surface area contributed by atoms with Gasteiger partial charge in [0.15, 0.2) is 0 Å². The first-order chi connectivity index (χ1) is 11.9. The second-order valence-corrected chi connectivity index (χ2v) is 7.06. The summed E-state index contributed by atoms with van der Waals surface area (Å²) in [6.45, 7) is 4.14. The normalized spacial score (nSPS) is 22.8. The molecule has 2 aliphatic rings. The van der Waals surface area contributed by atoms with Gasteiger partial charge in [0.1, 0.15) is 5.75 Å². The summed E-state index contributed by atoms with van der Waals surface area (Å²) in [5, 5.41) is 2.69. The van der Waals surface area contributed by atoms with Crippen LogP contribution < -0.4 is 4.74 Å². The molecule has 24 heavy (non-hydrogen) atoms. The van der Waals surface area contributed by atoms with E-state index in [1.54, 1.807) is 0 Å². The molecule has 0 aliphatic carbocycles. The van der Waals surface area contributed by atoms with E-state index in [4.69, 9.17) is 4.74 Å². The molecule has 0 radical (unpaired) electrons. The van der Waals surface area contributed by atoms with Crippen molar-refractivity contribution in [2.45, 2.75) is 12.5 Å². The van der Waals surface area contributed by atoms with Crippen LogP contribution in [-0.4, -0.2) is 24.6 Å². The molecule has 0 amide bonds. The second-order valence-electron chi connectivity index (χ2n) is 7.06. The molecule has 2 heterocycles. The summed E-state index contributed by atoms with van der Waals surface area (Å²) in [4.78, 5) is 2.59. The Bertz CT molecular complexity index is 874. The molecular formula is C22H21NO. The van der Waals surface area contributed by atoms with Crippen LogP contribution >= 0.6 is 0 Å². The lowest BCUT2D eigenvalue weighted by Crippen LogP contribution is -2.25. The van der Waals surface area contributed by atoms with Crippen molar-refractivity contribution in [3.63, 3.8) is 0 Å². The summed E-state index contributed by atoms with van der Waals surface area (Å²) in [5.74, 6) is 2.28. The van der Waals surface area contributed by atoms with Crippen molar-refractivity contribution in [3.8, 4) is 5.75 Å². The molecule has 2 nitrogen and oxygen atoms in total. The van der Waals surface area contributed by atoms with Crippen molar-refractivity contribution >= 4 is 10.8 Å². The zero-order chi connectivity index (χ0) is 15.9. The third kappa shape index (κ3) is 2.30. The topological polar surface area (TPSA) is 12.5 Å². The number of benzene rings is 3. The lowest BCUT2D eigenvalue weighted by Gasteiger charge is -2.29. The Morgan fingerprint density at radius 3 is 2.62 bits per heavy atom.